The number of thiocarbonyl (C=S) groups is 1. The summed E-state index contributed by atoms with van der Waals surface area (Å²) >= 11 is 4.05. The topological polar surface area (TPSA) is 41.6 Å². The number of aliphatic imine (C=N–C) groups is 1. The van der Waals surface area contributed by atoms with Crippen molar-refractivity contribution in [2.75, 3.05) is 21.1 Å². The van der Waals surface area contributed by atoms with Gasteiger partial charge in [-0.1, -0.05) is 12.2 Å². The molecule has 0 aliphatic heterocycles. The molecule has 2 N–H and O–H groups in total. The second kappa shape index (κ2) is 8.36. The molecular weight excluding hydrogens is 146 g/mol. The highest BCUT2D eigenvalue weighted by molar-refractivity contribution is 7.78. The van der Waals surface area contributed by atoms with Crippen LogP contribution in [-0.2, 0) is 0 Å². The molecule has 0 saturated heterocycles. The van der Waals surface area contributed by atoms with E-state index in [-0.39, 0.29) is 0 Å². The first kappa shape index (κ1) is 12.1. The van der Waals surface area contributed by atoms with Crippen LogP contribution in [0.2, 0.25) is 0 Å². The maximum atomic E-state index is 4.54. The van der Waals surface area contributed by atoms with Crippen molar-refractivity contribution in [3.63, 3.8) is 0 Å². The fourth-order valence-electron chi connectivity index (χ4n) is 0.200. The lowest BCUT2D eigenvalue weighted by molar-refractivity contribution is 0.617. The molecule has 0 atom stereocenters. The van der Waals surface area contributed by atoms with Gasteiger partial charge in [0.2, 0.25) is 0 Å². The van der Waals surface area contributed by atoms with Crippen LogP contribution in [0.4, 0.5) is 0 Å². The third-order valence-corrected chi connectivity index (χ3v) is 0.971. The van der Waals surface area contributed by atoms with Gasteiger partial charge in [0.1, 0.15) is 0 Å². The number of amidine groups is 1. The molecule has 0 rings (SSSR count). The first-order valence-corrected chi connectivity index (χ1v) is 3.33. The third-order valence-electron chi connectivity index (χ3n) is 0.971. The fraction of sp³-hybridized carbons (Fsp3) is 0.667. The maximum absolute atomic E-state index is 4.54. The van der Waals surface area contributed by atoms with Crippen molar-refractivity contribution in [3.8, 4) is 0 Å². The smallest absolute Gasteiger partial charge is 0.0948 e. The fourth-order valence-corrected chi connectivity index (χ4v) is 0.200. The average molecular weight is 161 g/mol. The highest BCUT2D eigenvalue weighted by Gasteiger charge is 1.85. The Bertz CT molecular complexity index is 110. The molecule has 0 aromatic carbocycles. The Labute approximate surface area is 67.9 Å². The number of nitrogens with two attached hydrogens (primary N) is 1. The average Bonchev–Trinajstić information content (AvgIpc) is 1.88. The van der Waals surface area contributed by atoms with Crippen molar-refractivity contribution in [3.05, 3.63) is 0 Å². The van der Waals surface area contributed by atoms with E-state index in [2.05, 4.69) is 22.9 Å². The summed E-state index contributed by atoms with van der Waals surface area (Å²) in [5.41, 5.74) is 5.62. The summed E-state index contributed by atoms with van der Waals surface area (Å²) in [5, 5.41) is 0. The predicted octanol–water partition coefficient (Wildman–Crippen LogP) is 0.499. The molecule has 3 nitrogen and oxygen atoms in total. The number of hydrogen-bond donors (Lipinski definition) is 1. The highest BCUT2D eigenvalue weighted by Crippen LogP contribution is 1.76. The van der Waals surface area contributed by atoms with E-state index >= 15 is 0 Å². The second-order valence-corrected chi connectivity index (χ2v) is 2.07. The number of hydrogen-bond acceptors (Lipinski definition) is 2. The van der Waals surface area contributed by atoms with Gasteiger partial charge in [-0.15, -0.1) is 0 Å². The molecule has 0 radical (unpaired) electrons. The van der Waals surface area contributed by atoms with Gasteiger partial charge in [0.25, 0.3) is 0 Å². The number of nitrogens with zero attached hydrogens (tertiary/aromatic N) is 2. The molecule has 0 heterocycles. The maximum Gasteiger partial charge on any atom is 0.0948 e. The molecule has 60 valence electrons. The van der Waals surface area contributed by atoms with Gasteiger partial charge in [0.15, 0.2) is 0 Å². The van der Waals surface area contributed by atoms with Crippen molar-refractivity contribution in [2.45, 2.75) is 6.92 Å². The number of rotatable bonds is 0. The van der Waals surface area contributed by atoms with Gasteiger partial charge >= 0.3 is 0 Å². The Morgan fingerprint density at radius 1 is 1.60 bits per heavy atom. The quantitative estimate of drug-likeness (QED) is 0.319. The largest absolute Gasteiger partial charge is 0.396 e. The molecule has 0 amide bonds. The monoisotopic (exact) mass is 161 g/mol. The Morgan fingerprint density at radius 2 is 1.90 bits per heavy atom. The van der Waals surface area contributed by atoms with Crippen molar-refractivity contribution in [1.82, 2.24) is 4.90 Å². The molecule has 0 aromatic rings. The van der Waals surface area contributed by atoms with Crippen LogP contribution < -0.4 is 5.73 Å². The molecule has 4 heteroatoms. The van der Waals surface area contributed by atoms with E-state index in [1.54, 1.807) is 7.05 Å². The zero-order valence-corrected chi connectivity index (χ0v) is 7.77. The van der Waals surface area contributed by atoms with Gasteiger partial charge in [0, 0.05) is 21.1 Å². The molecule has 0 unspecified atom stereocenters. The van der Waals surface area contributed by atoms with Crippen LogP contribution in [-0.4, -0.2) is 37.4 Å². The summed E-state index contributed by atoms with van der Waals surface area (Å²) in [4.78, 5) is 5.90. The lowest BCUT2D eigenvalue weighted by Crippen LogP contribution is -2.17. The van der Waals surface area contributed by atoms with Crippen LogP contribution in [0.5, 0.6) is 0 Å². The van der Waals surface area contributed by atoms with E-state index in [9.17, 15) is 0 Å². The van der Waals surface area contributed by atoms with Crippen LogP contribution in [0.15, 0.2) is 4.99 Å². The van der Waals surface area contributed by atoms with Crippen LogP contribution in [0.1, 0.15) is 6.92 Å². The minimum atomic E-state index is 1.06. The van der Waals surface area contributed by atoms with E-state index < -0.39 is 0 Å². The molecule has 0 spiro atoms. The van der Waals surface area contributed by atoms with Crippen molar-refractivity contribution >= 4 is 23.5 Å². The predicted molar refractivity (Wildman–Crippen MR) is 50.6 cm³/mol. The summed E-state index contributed by atoms with van der Waals surface area (Å²) < 4.78 is 0. The lowest BCUT2D eigenvalue weighted by atomic mass is 10.6. The Kier molecular flexibility index (Phi) is 10.1. The standard InChI is InChI=1S/C5H12N2.CH3NS/c1-5(6-2)7(3)4;2-1-3/h1-4H3;1H,(H2,2,3). The van der Waals surface area contributed by atoms with Crippen LogP contribution in [0.3, 0.4) is 0 Å². The van der Waals surface area contributed by atoms with Gasteiger partial charge in [-0.3, -0.25) is 4.99 Å². The minimum absolute atomic E-state index is 1.06. The van der Waals surface area contributed by atoms with Gasteiger partial charge in [-0.25, -0.2) is 0 Å². The molecule has 0 bridgehead atoms. The van der Waals surface area contributed by atoms with Crippen LogP contribution in [0, 0.1) is 0 Å². The van der Waals surface area contributed by atoms with Crippen molar-refractivity contribution < 1.29 is 0 Å². The molecule has 0 fully saturated rings. The molecule has 0 aliphatic carbocycles. The van der Waals surface area contributed by atoms with E-state index in [1.807, 2.05) is 25.9 Å². The van der Waals surface area contributed by atoms with Gasteiger partial charge in [-0.2, -0.15) is 0 Å². The summed E-state index contributed by atoms with van der Waals surface area (Å²) in [6.07, 6.45) is 0. The van der Waals surface area contributed by atoms with Crippen molar-refractivity contribution in [1.29, 1.82) is 0 Å². The van der Waals surface area contributed by atoms with E-state index in [1.165, 1.54) is 0 Å². The molecule has 0 saturated carbocycles. The van der Waals surface area contributed by atoms with E-state index in [0.29, 0.717) is 0 Å². The van der Waals surface area contributed by atoms with E-state index in [0.717, 1.165) is 11.3 Å². The highest BCUT2D eigenvalue weighted by atomic mass is 32.1. The molecular formula is C6H15N3S. The molecule has 10 heavy (non-hydrogen) atoms. The van der Waals surface area contributed by atoms with Gasteiger partial charge in [0.05, 0.1) is 11.3 Å². The molecule has 0 aliphatic rings. The lowest BCUT2D eigenvalue weighted by Gasteiger charge is -2.08. The van der Waals surface area contributed by atoms with Crippen molar-refractivity contribution in [2.24, 2.45) is 10.7 Å². The summed E-state index contributed by atoms with van der Waals surface area (Å²) in [5.74, 6) is 1.06. The Hall–Kier alpha value is -0.640. The SMILES string of the molecule is CN=C(C)N(C)C.NC=S. The summed E-state index contributed by atoms with van der Waals surface area (Å²) in [6, 6.07) is 0. The third kappa shape index (κ3) is 10.4. The second-order valence-electron chi connectivity index (χ2n) is 1.80. The van der Waals surface area contributed by atoms with Crippen LogP contribution in [0.25, 0.3) is 0 Å². The summed E-state index contributed by atoms with van der Waals surface area (Å²) in [7, 11) is 5.74. The van der Waals surface area contributed by atoms with E-state index in [4.69, 9.17) is 0 Å². The van der Waals surface area contributed by atoms with Crippen LogP contribution >= 0.6 is 12.2 Å². The van der Waals surface area contributed by atoms with Gasteiger partial charge in [-0.05, 0) is 6.92 Å². The first-order chi connectivity index (χ1) is 4.59. The zero-order valence-electron chi connectivity index (χ0n) is 6.96. The normalized spacial score (nSPS) is 9.40. The zero-order chi connectivity index (χ0) is 8.57. The first-order valence-electron chi connectivity index (χ1n) is 2.86. The molecule has 0 aromatic heterocycles. The Balaban J connectivity index is 0. The Morgan fingerprint density at radius 3 is 1.90 bits per heavy atom. The minimum Gasteiger partial charge on any atom is -0.396 e. The summed E-state index contributed by atoms with van der Waals surface area (Å²) in [6.45, 7) is 1.97. The van der Waals surface area contributed by atoms with Gasteiger partial charge < -0.3 is 10.6 Å².